The minimum atomic E-state index is -0.434. The van der Waals surface area contributed by atoms with E-state index in [1.54, 1.807) is 19.2 Å². The molecule has 2 aromatic carbocycles. The van der Waals surface area contributed by atoms with E-state index < -0.39 is 5.91 Å². The van der Waals surface area contributed by atoms with Crippen LogP contribution in [0.2, 0.25) is 5.02 Å². The topological polar surface area (TPSA) is 82.8 Å². The first-order valence-corrected chi connectivity index (χ1v) is 10.2. The van der Waals surface area contributed by atoms with Gasteiger partial charge in [0, 0.05) is 30.7 Å². The van der Waals surface area contributed by atoms with Crippen molar-refractivity contribution in [3.05, 3.63) is 70.2 Å². The molecule has 0 spiro atoms. The van der Waals surface area contributed by atoms with Crippen LogP contribution in [-0.2, 0) is 6.54 Å². The Morgan fingerprint density at radius 3 is 2.48 bits per heavy atom. The van der Waals surface area contributed by atoms with Gasteiger partial charge in [-0.3, -0.25) is 14.7 Å². The molecule has 0 aliphatic rings. The Hall–Kier alpha value is -2.57. The SMILES string of the molecule is CCN(CC)C(CNC(=NC)NCc1cccc(C(N)=O)c1)c1ccccc1Cl. The summed E-state index contributed by atoms with van der Waals surface area (Å²) in [6.07, 6.45) is 0. The minimum absolute atomic E-state index is 0.121. The first kappa shape index (κ1) is 22.7. The van der Waals surface area contributed by atoms with E-state index in [1.807, 2.05) is 30.3 Å². The van der Waals surface area contributed by atoms with Gasteiger partial charge in [-0.05, 0) is 42.4 Å². The molecule has 1 unspecified atom stereocenters. The van der Waals surface area contributed by atoms with Crippen molar-refractivity contribution in [2.45, 2.75) is 26.4 Å². The third kappa shape index (κ3) is 6.48. The minimum Gasteiger partial charge on any atom is -0.366 e. The maximum Gasteiger partial charge on any atom is 0.248 e. The Balaban J connectivity index is 2.05. The molecule has 2 rings (SSSR count). The zero-order valence-electron chi connectivity index (χ0n) is 17.3. The number of nitrogens with zero attached hydrogens (tertiary/aromatic N) is 2. The third-order valence-electron chi connectivity index (χ3n) is 4.88. The molecule has 0 aliphatic carbocycles. The summed E-state index contributed by atoms with van der Waals surface area (Å²) in [7, 11) is 1.73. The van der Waals surface area contributed by atoms with Crippen molar-refractivity contribution < 1.29 is 4.79 Å². The van der Waals surface area contributed by atoms with Gasteiger partial charge in [0.1, 0.15) is 0 Å². The molecule has 0 aliphatic heterocycles. The summed E-state index contributed by atoms with van der Waals surface area (Å²) in [5.74, 6) is 0.245. The van der Waals surface area contributed by atoms with Gasteiger partial charge in [-0.25, -0.2) is 0 Å². The number of halogens is 1. The third-order valence-corrected chi connectivity index (χ3v) is 5.22. The van der Waals surface area contributed by atoms with Crippen LogP contribution in [0.15, 0.2) is 53.5 Å². The van der Waals surface area contributed by atoms with Gasteiger partial charge in [0.25, 0.3) is 0 Å². The molecule has 29 heavy (non-hydrogen) atoms. The average molecular weight is 416 g/mol. The molecule has 1 amide bonds. The first-order valence-electron chi connectivity index (χ1n) is 9.81. The molecule has 4 N–H and O–H groups in total. The molecule has 0 aromatic heterocycles. The fourth-order valence-electron chi connectivity index (χ4n) is 3.28. The fourth-order valence-corrected chi connectivity index (χ4v) is 3.54. The van der Waals surface area contributed by atoms with Crippen LogP contribution in [0, 0.1) is 0 Å². The predicted octanol–water partition coefficient (Wildman–Crippen LogP) is 3.19. The second kappa shape index (κ2) is 11.4. The smallest absolute Gasteiger partial charge is 0.248 e. The predicted molar refractivity (Wildman–Crippen MR) is 120 cm³/mol. The lowest BCUT2D eigenvalue weighted by atomic mass is 10.0. The quantitative estimate of drug-likeness (QED) is 0.434. The summed E-state index contributed by atoms with van der Waals surface area (Å²) >= 11 is 6.47. The number of carbonyl (C=O) groups is 1. The Morgan fingerprint density at radius 1 is 1.14 bits per heavy atom. The number of nitrogens with two attached hydrogens (primary N) is 1. The van der Waals surface area contributed by atoms with Gasteiger partial charge in [-0.15, -0.1) is 0 Å². The summed E-state index contributed by atoms with van der Waals surface area (Å²) in [6, 6.07) is 15.3. The van der Waals surface area contributed by atoms with Gasteiger partial charge < -0.3 is 16.4 Å². The van der Waals surface area contributed by atoms with E-state index in [0.29, 0.717) is 24.6 Å². The van der Waals surface area contributed by atoms with Crippen molar-refractivity contribution in [2.24, 2.45) is 10.7 Å². The van der Waals surface area contributed by atoms with Crippen LogP contribution in [0.5, 0.6) is 0 Å². The van der Waals surface area contributed by atoms with Crippen molar-refractivity contribution in [1.29, 1.82) is 0 Å². The van der Waals surface area contributed by atoms with Gasteiger partial charge in [0.05, 0.1) is 6.04 Å². The van der Waals surface area contributed by atoms with Crippen LogP contribution in [0.4, 0.5) is 0 Å². The van der Waals surface area contributed by atoms with Crippen molar-refractivity contribution in [3.8, 4) is 0 Å². The zero-order valence-corrected chi connectivity index (χ0v) is 18.0. The van der Waals surface area contributed by atoms with Crippen molar-refractivity contribution in [3.63, 3.8) is 0 Å². The molecule has 2 aromatic rings. The van der Waals surface area contributed by atoms with Crippen LogP contribution in [0.25, 0.3) is 0 Å². The van der Waals surface area contributed by atoms with E-state index in [2.05, 4.69) is 40.4 Å². The number of aliphatic imine (C=N–C) groups is 1. The standard InChI is InChI=1S/C22H30ClN5O/c1-4-28(5-2)20(18-11-6-7-12-19(18)23)15-27-22(25-3)26-14-16-9-8-10-17(13-16)21(24)29/h6-13,20H,4-5,14-15H2,1-3H3,(H2,24,29)(H2,25,26,27). The van der Waals surface area contributed by atoms with Gasteiger partial charge in [-0.2, -0.15) is 0 Å². The van der Waals surface area contributed by atoms with E-state index in [0.717, 1.165) is 29.2 Å². The molecular weight excluding hydrogens is 386 g/mol. The highest BCUT2D eigenvalue weighted by atomic mass is 35.5. The molecular formula is C22H30ClN5O. The van der Waals surface area contributed by atoms with Gasteiger partial charge in [0.2, 0.25) is 5.91 Å². The maximum absolute atomic E-state index is 11.4. The van der Waals surface area contributed by atoms with Crippen molar-refractivity contribution in [1.82, 2.24) is 15.5 Å². The molecule has 0 saturated carbocycles. The second-order valence-electron chi connectivity index (χ2n) is 6.63. The molecule has 0 radical (unpaired) electrons. The van der Waals surface area contributed by atoms with Crippen molar-refractivity contribution >= 4 is 23.5 Å². The number of carbonyl (C=O) groups excluding carboxylic acids is 1. The number of benzene rings is 2. The summed E-state index contributed by atoms with van der Waals surface area (Å²) in [6.45, 7) is 7.31. The van der Waals surface area contributed by atoms with Gasteiger partial charge >= 0.3 is 0 Å². The van der Waals surface area contributed by atoms with Crippen LogP contribution in [-0.4, -0.2) is 43.4 Å². The fraction of sp³-hybridized carbons (Fsp3) is 0.364. The molecule has 0 fully saturated rings. The number of amides is 1. The Labute approximate surface area is 178 Å². The van der Waals surface area contributed by atoms with E-state index in [9.17, 15) is 4.79 Å². The van der Waals surface area contributed by atoms with E-state index in [4.69, 9.17) is 17.3 Å². The lowest BCUT2D eigenvalue weighted by Gasteiger charge is -2.31. The van der Waals surface area contributed by atoms with Crippen LogP contribution in [0.1, 0.15) is 41.4 Å². The first-order chi connectivity index (χ1) is 14.0. The normalized spacial score (nSPS) is 12.7. The molecule has 0 heterocycles. The van der Waals surface area contributed by atoms with E-state index in [1.165, 1.54) is 0 Å². The number of nitrogens with one attached hydrogen (secondary N) is 2. The number of rotatable bonds is 9. The van der Waals surface area contributed by atoms with Gasteiger partial charge in [0.15, 0.2) is 5.96 Å². The highest BCUT2D eigenvalue weighted by Gasteiger charge is 2.20. The number of likely N-dealkylation sites (N-methyl/N-ethyl adjacent to an activating group) is 1. The van der Waals surface area contributed by atoms with Gasteiger partial charge in [-0.1, -0.05) is 55.8 Å². The molecule has 156 valence electrons. The average Bonchev–Trinajstić information content (AvgIpc) is 2.74. The summed E-state index contributed by atoms with van der Waals surface area (Å²) in [5, 5.41) is 7.44. The van der Waals surface area contributed by atoms with Crippen LogP contribution >= 0.6 is 11.6 Å². The molecule has 7 heteroatoms. The highest BCUT2D eigenvalue weighted by molar-refractivity contribution is 6.31. The lowest BCUT2D eigenvalue weighted by molar-refractivity contribution is 0.1000. The van der Waals surface area contributed by atoms with Crippen LogP contribution in [0.3, 0.4) is 0 Å². The number of hydrogen-bond acceptors (Lipinski definition) is 3. The monoisotopic (exact) mass is 415 g/mol. The lowest BCUT2D eigenvalue weighted by Crippen LogP contribution is -2.43. The zero-order chi connectivity index (χ0) is 21.2. The molecule has 0 saturated heterocycles. The Bertz CT molecular complexity index is 835. The number of primary amides is 1. The summed E-state index contributed by atoms with van der Waals surface area (Å²) in [5.41, 5.74) is 7.90. The Kier molecular flexibility index (Phi) is 8.96. The van der Waals surface area contributed by atoms with Crippen LogP contribution < -0.4 is 16.4 Å². The molecule has 0 bridgehead atoms. The maximum atomic E-state index is 11.4. The second-order valence-corrected chi connectivity index (χ2v) is 7.04. The molecule has 6 nitrogen and oxygen atoms in total. The van der Waals surface area contributed by atoms with E-state index in [-0.39, 0.29) is 6.04 Å². The van der Waals surface area contributed by atoms with Crippen molar-refractivity contribution in [2.75, 3.05) is 26.7 Å². The Morgan fingerprint density at radius 2 is 1.86 bits per heavy atom. The summed E-state index contributed by atoms with van der Waals surface area (Å²) < 4.78 is 0. The molecule has 1 atom stereocenters. The number of hydrogen-bond donors (Lipinski definition) is 3. The summed E-state index contributed by atoms with van der Waals surface area (Å²) in [4.78, 5) is 18.0. The highest BCUT2D eigenvalue weighted by Crippen LogP contribution is 2.26. The largest absolute Gasteiger partial charge is 0.366 e. The van der Waals surface area contributed by atoms with E-state index >= 15 is 0 Å². The number of guanidine groups is 1.